The van der Waals surface area contributed by atoms with E-state index in [0.29, 0.717) is 23.3 Å². The number of morpholine rings is 1. The zero-order valence-corrected chi connectivity index (χ0v) is 16.8. The predicted octanol–water partition coefficient (Wildman–Crippen LogP) is 3.19. The number of hydrogen-bond donors (Lipinski definition) is 1. The van der Waals surface area contributed by atoms with E-state index in [9.17, 15) is 9.90 Å². The third kappa shape index (κ3) is 4.18. The molecule has 0 saturated carbocycles. The molecule has 0 atom stereocenters. The summed E-state index contributed by atoms with van der Waals surface area (Å²) in [5.41, 5.74) is 1.20. The molecule has 3 aromatic rings. The highest BCUT2D eigenvalue weighted by molar-refractivity contribution is 5.88. The molecule has 0 aliphatic carbocycles. The maximum Gasteiger partial charge on any atom is 0.202 e. The lowest BCUT2D eigenvalue weighted by atomic mass is 10.0. The molecular formula is C24H23NO5. The average molecular weight is 405 g/mol. The van der Waals surface area contributed by atoms with Crippen LogP contribution in [0.2, 0.25) is 0 Å². The van der Waals surface area contributed by atoms with Gasteiger partial charge in [-0.25, -0.2) is 0 Å². The second-order valence-corrected chi connectivity index (χ2v) is 7.05. The Balaban J connectivity index is 1.54. The van der Waals surface area contributed by atoms with Gasteiger partial charge in [0, 0.05) is 13.1 Å². The number of rotatable bonds is 4. The summed E-state index contributed by atoms with van der Waals surface area (Å²) in [6.07, 6.45) is 0. The Morgan fingerprint density at radius 3 is 2.63 bits per heavy atom. The molecular weight excluding hydrogens is 382 g/mol. The molecule has 1 aromatic heterocycles. The van der Waals surface area contributed by atoms with Crippen LogP contribution in [0.3, 0.4) is 0 Å². The first-order valence-electron chi connectivity index (χ1n) is 9.88. The van der Waals surface area contributed by atoms with Gasteiger partial charge in [-0.1, -0.05) is 42.2 Å². The smallest absolute Gasteiger partial charge is 0.202 e. The van der Waals surface area contributed by atoms with Crippen molar-refractivity contribution in [3.05, 3.63) is 58.4 Å². The number of nitrogens with zero attached hydrogens (tertiary/aromatic N) is 1. The number of ether oxygens (including phenoxy) is 2. The average Bonchev–Trinajstić information content (AvgIpc) is 2.77. The van der Waals surface area contributed by atoms with Gasteiger partial charge in [-0.3, -0.25) is 9.69 Å². The molecule has 1 saturated heterocycles. The van der Waals surface area contributed by atoms with Crippen LogP contribution in [0.25, 0.3) is 22.1 Å². The van der Waals surface area contributed by atoms with Gasteiger partial charge in [-0.2, -0.15) is 0 Å². The molecule has 0 radical (unpaired) electrons. The molecule has 1 aliphatic heterocycles. The molecule has 1 aliphatic rings. The van der Waals surface area contributed by atoms with Crippen molar-refractivity contribution in [3.63, 3.8) is 0 Å². The normalized spacial score (nSPS) is 14.3. The van der Waals surface area contributed by atoms with E-state index in [-0.39, 0.29) is 29.1 Å². The topological polar surface area (TPSA) is 72.1 Å². The Kier molecular flexibility index (Phi) is 6.03. The minimum atomic E-state index is -0.192. The Hall–Kier alpha value is -3.27. The van der Waals surface area contributed by atoms with Crippen molar-refractivity contribution in [2.24, 2.45) is 0 Å². The molecule has 2 heterocycles. The van der Waals surface area contributed by atoms with E-state index in [1.807, 2.05) is 30.3 Å². The Bertz CT molecular complexity index is 1150. The summed E-state index contributed by atoms with van der Waals surface area (Å²) in [5, 5.41) is 10.9. The van der Waals surface area contributed by atoms with Gasteiger partial charge in [-0.05, 0) is 24.6 Å². The van der Waals surface area contributed by atoms with Crippen LogP contribution in [-0.4, -0.2) is 49.5 Å². The summed E-state index contributed by atoms with van der Waals surface area (Å²) in [6.45, 7) is 5.74. The van der Waals surface area contributed by atoms with E-state index in [1.165, 1.54) is 0 Å². The number of aryl methyl sites for hydroxylation is 1. The Morgan fingerprint density at radius 1 is 1.10 bits per heavy atom. The molecule has 0 spiro atoms. The molecule has 154 valence electrons. The standard InChI is InChI=1S/C24H23NO5/c1-17-21(18-7-3-2-4-8-18)22(26)19-9-10-20(23(27)24(19)30-17)29-14-6-5-11-25-12-15-28-16-13-25/h2-4,7-10,27H,11-16H2,1H3. The summed E-state index contributed by atoms with van der Waals surface area (Å²) < 4.78 is 16.7. The van der Waals surface area contributed by atoms with Gasteiger partial charge >= 0.3 is 0 Å². The fourth-order valence-electron chi connectivity index (χ4n) is 3.48. The quantitative estimate of drug-likeness (QED) is 0.672. The summed E-state index contributed by atoms with van der Waals surface area (Å²) in [7, 11) is 0. The van der Waals surface area contributed by atoms with Crippen LogP contribution < -0.4 is 10.2 Å². The largest absolute Gasteiger partial charge is 0.502 e. The van der Waals surface area contributed by atoms with Crippen molar-refractivity contribution in [2.75, 3.05) is 39.5 Å². The zero-order chi connectivity index (χ0) is 20.9. The maximum absolute atomic E-state index is 13.0. The zero-order valence-electron chi connectivity index (χ0n) is 16.8. The second kappa shape index (κ2) is 9.04. The molecule has 1 N–H and O–H groups in total. The van der Waals surface area contributed by atoms with Gasteiger partial charge < -0.3 is 19.0 Å². The number of phenols is 1. The van der Waals surface area contributed by atoms with E-state index in [4.69, 9.17) is 13.9 Å². The number of phenolic OH excluding ortho intramolecular Hbond substituents is 1. The summed E-state index contributed by atoms with van der Waals surface area (Å²) >= 11 is 0. The van der Waals surface area contributed by atoms with Crippen LogP contribution in [0.5, 0.6) is 11.5 Å². The van der Waals surface area contributed by atoms with E-state index in [2.05, 4.69) is 16.7 Å². The fraction of sp³-hybridized carbons (Fsp3) is 0.292. The third-order valence-electron chi connectivity index (χ3n) is 5.07. The van der Waals surface area contributed by atoms with Crippen molar-refractivity contribution >= 4 is 11.0 Å². The minimum Gasteiger partial charge on any atom is -0.502 e. The van der Waals surface area contributed by atoms with Crippen molar-refractivity contribution in [1.82, 2.24) is 4.90 Å². The highest BCUT2D eigenvalue weighted by atomic mass is 16.5. The molecule has 1 fully saturated rings. The molecule has 2 aromatic carbocycles. The van der Waals surface area contributed by atoms with E-state index < -0.39 is 0 Å². The molecule has 0 bridgehead atoms. The number of benzene rings is 2. The van der Waals surface area contributed by atoms with Gasteiger partial charge in [0.15, 0.2) is 11.3 Å². The first-order valence-corrected chi connectivity index (χ1v) is 9.88. The number of fused-ring (bicyclic) bond motifs is 1. The van der Waals surface area contributed by atoms with Gasteiger partial charge in [0.05, 0.1) is 30.7 Å². The van der Waals surface area contributed by atoms with Gasteiger partial charge in [0.25, 0.3) is 0 Å². The SMILES string of the molecule is Cc1oc2c(O)c(OCC#CCN3CCOCC3)ccc2c(=O)c1-c1ccccc1. The highest BCUT2D eigenvalue weighted by Crippen LogP contribution is 2.35. The lowest BCUT2D eigenvalue weighted by Crippen LogP contribution is -2.36. The van der Waals surface area contributed by atoms with Gasteiger partial charge in [0.2, 0.25) is 11.2 Å². The summed E-state index contributed by atoms with van der Waals surface area (Å²) in [4.78, 5) is 15.2. The van der Waals surface area contributed by atoms with Crippen LogP contribution in [0.15, 0.2) is 51.7 Å². The van der Waals surface area contributed by atoms with Crippen LogP contribution in [0.4, 0.5) is 0 Å². The first-order chi connectivity index (χ1) is 14.6. The summed E-state index contributed by atoms with van der Waals surface area (Å²) in [5.74, 6) is 6.50. The maximum atomic E-state index is 13.0. The van der Waals surface area contributed by atoms with Crippen molar-refractivity contribution in [2.45, 2.75) is 6.92 Å². The summed E-state index contributed by atoms with van der Waals surface area (Å²) in [6, 6.07) is 12.5. The molecule has 0 unspecified atom stereocenters. The number of aromatic hydroxyl groups is 1. The van der Waals surface area contributed by atoms with Crippen LogP contribution in [0, 0.1) is 18.8 Å². The lowest BCUT2D eigenvalue weighted by Gasteiger charge is -2.24. The van der Waals surface area contributed by atoms with E-state index in [1.54, 1.807) is 19.1 Å². The fourth-order valence-corrected chi connectivity index (χ4v) is 3.48. The van der Waals surface area contributed by atoms with Crippen LogP contribution in [0.1, 0.15) is 5.76 Å². The van der Waals surface area contributed by atoms with Gasteiger partial charge in [-0.15, -0.1) is 0 Å². The van der Waals surface area contributed by atoms with Crippen molar-refractivity contribution in [3.8, 4) is 34.5 Å². The monoisotopic (exact) mass is 405 g/mol. The van der Waals surface area contributed by atoms with Crippen LogP contribution >= 0.6 is 0 Å². The Morgan fingerprint density at radius 2 is 1.87 bits per heavy atom. The second-order valence-electron chi connectivity index (χ2n) is 7.05. The van der Waals surface area contributed by atoms with Gasteiger partial charge in [0.1, 0.15) is 12.4 Å². The third-order valence-corrected chi connectivity index (χ3v) is 5.07. The van der Waals surface area contributed by atoms with Crippen molar-refractivity contribution in [1.29, 1.82) is 0 Å². The molecule has 6 nitrogen and oxygen atoms in total. The molecule has 0 amide bonds. The van der Waals surface area contributed by atoms with Crippen LogP contribution in [-0.2, 0) is 4.74 Å². The predicted molar refractivity (Wildman–Crippen MR) is 115 cm³/mol. The first kappa shape index (κ1) is 20.0. The van der Waals surface area contributed by atoms with E-state index >= 15 is 0 Å². The van der Waals surface area contributed by atoms with E-state index in [0.717, 1.165) is 31.9 Å². The minimum absolute atomic E-state index is 0.121. The molecule has 6 heteroatoms. The van der Waals surface area contributed by atoms with Crippen molar-refractivity contribution < 1.29 is 19.0 Å². The lowest BCUT2D eigenvalue weighted by molar-refractivity contribution is 0.0443. The number of hydrogen-bond acceptors (Lipinski definition) is 6. The Labute approximate surface area is 174 Å². The highest BCUT2D eigenvalue weighted by Gasteiger charge is 2.18. The molecule has 30 heavy (non-hydrogen) atoms. The molecule has 4 rings (SSSR count).